The van der Waals surface area contributed by atoms with E-state index in [2.05, 4.69) is 27.7 Å². The summed E-state index contributed by atoms with van der Waals surface area (Å²) in [5.74, 6) is 0.215. The number of nitrogens with zero attached hydrogens (tertiary/aromatic N) is 2. The van der Waals surface area contributed by atoms with Crippen molar-refractivity contribution in [3.05, 3.63) is 115 Å². The lowest BCUT2D eigenvalue weighted by molar-refractivity contribution is -0.515. The standard InChI is InChI=1S/C26H18BFN2O/c28-26-23(15-7-17-29-26)27(22-14-5-4-13-21(22)19-9-2-1-3-10-19)30-18-8-12-20-11-6-16-24(31-27)25(20)30/h1-18H/t27-/m1/s1. The summed E-state index contributed by atoms with van der Waals surface area (Å²) in [4.78, 5) is 3.98. The van der Waals surface area contributed by atoms with Gasteiger partial charge in [-0.25, -0.2) is 4.98 Å². The average Bonchev–Trinajstić information content (AvgIpc) is 3.17. The van der Waals surface area contributed by atoms with Gasteiger partial charge in [0.1, 0.15) is 11.9 Å². The molecule has 0 N–H and O–H groups in total. The summed E-state index contributed by atoms with van der Waals surface area (Å²) < 4.78 is 24.2. The first-order chi connectivity index (χ1) is 15.3. The third kappa shape index (κ3) is 2.53. The maximum atomic E-state index is 15.3. The van der Waals surface area contributed by atoms with Crippen LogP contribution in [0.1, 0.15) is 0 Å². The van der Waals surface area contributed by atoms with E-state index in [1.807, 2.05) is 72.9 Å². The largest absolute Gasteiger partial charge is 0.647 e. The quantitative estimate of drug-likeness (QED) is 0.338. The minimum Gasteiger partial charge on any atom is -0.647 e. The molecule has 1 aliphatic heterocycles. The predicted molar refractivity (Wildman–Crippen MR) is 121 cm³/mol. The summed E-state index contributed by atoms with van der Waals surface area (Å²) in [6.45, 7) is -2.15. The van der Waals surface area contributed by atoms with E-state index in [4.69, 9.17) is 4.65 Å². The lowest BCUT2D eigenvalue weighted by atomic mass is 9.40. The SMILES string of the molecule is Fc1ncccc1[B@@-]1(c2ccccc2-c2ccccc2)Oc2cccc3ccc[n+]1c23. The molecule has 0 bridgehead atoms. The van der Waals surface area contributed by atoms with E-state index in [0.717, 1.165) is 33.2 Å². The van der Waals surface area contributed by atoms with E-state index in [-0.39, 0.29) is 0 Å². The van der Waals surface area contributed by atoms with Crippen LogP contribution in [0, 0.1) is 5.95 Å². The molecule has 2 aromatic heterocycles. The van der Waals surface area contributed by atoms with Gasteiger partial charge < -0.3 is 9.13 Å². The van der Waals surface area contributed by atoms with E-state index in [9.17, 15) is 0 Å². The molecule has 0 saturated carbocycles. The first kappa shape index (κ1) is 17.8. The Morgan fingerprint density at radius 3 is 2.39 bits per heavy atom. The second kappa shape index (κ2) is 6.78. The molecule has 0 spiro atoms. The highest BCUT2D eigenvalue weighted by Gasteiger charge is 2.53. The Morgan fingerprint density at radius 1 is 0.742 bits per heavy atom. The van der Waals surface area contributed by atoms with Crippen molar-refractivity contribution in [3.8, 4) is 16.9 Å². The third-order valence-electron chi connectivity index (χ3n) is 6.18. The number of hydrogen-bond acceptors (Lipinski definition) is 2. The molecule has 1 atom stereocenters. The number of pyridine rings is 2. The Kier molecular flexibility index (Phi) is 3.90. The summed E-state index contributed by atoms with van der Waals surface area (Å²) in [6, 6.07) is 31.8. The van der Waals surface area contributed by atoms with Gasteiger partial charge in [0.15, 0.2) is 5.95 Å². The van der Waals surface area contributed by atoms with Crippen LogP contribution in [-0.4, -0.2) is 11.5 Å². The van der Waals surface area contributed by atoms with E-state index in [1.165, 1.54) is 6.20 Å². The zero-order valence-electron chi connectivity index (χ0n) is 16.7. The maximum Gasteiger partial charge on any atom is 0.518 e. The lowest BCUT2D eigenvalue weighted by Gasteiger charge is -2.33. The normalized spacial score (nSPS) is 16.9. The first-order valence-corrected chi connectivity index (χ1v) is 10.3. The van der Waals surface area contributed by atoms with Crippen molar-refractivity contribution >= 4 is 28.3 Å². The van der Waals surface area contributed by atoms with Gasteiger partial charge in [0.2, 0.25) is 5.52 Å². The van der Waals surface area contributed by atoms with Gasteiger partial charge in [-0.2, -0.15) is 4.39 Å². The minimum absolute atomic E-state index is 0.430. The fourth-order valence-electron chi connectivity index (χ4n) is 4.91. The summed E-state index contributed by atoms with van der Waals surface area (Å²) in [7, 11) is 0. The van der Waals surface area contributed by atoms with Crippen molar-refractivity contribution in [2.24, 2.45) is 0 Å². The molecule has 3 aromatic carbocycles. The maximum absolute atomic E-state index is 15.3. The Balaban J connectivity index is 1.75. The molecule has 3 nitrogen and oxygen atoms in total. The minimum atomic E-state index is -2.15. The Hall–Kier alpha value is -3.99. The molecule has 0 radical (unpaired) electrons. The molecule has 148 valence electrons. The summed E-state index contributed by atoms with van der Waals surface area (Å²) in [5.41, 5.74) is 4.35. The first-order valence-electron chi connectivity index (χ1n) is 10.3. The van der Waals surface area contributed by atoms with E-state index < -0.39 is 12.4 Å². The molecule has 1 aliphatic rings. The topological polar surface area (TPSA) is 26.0 Å². The molecular formula is C26H18BFN2O. The Bertz CT molecular complexity index is 1440. The van der Waals surface area contributed by atoms with Crippen LogP contribution < -0.4 is 20.1 Å². The number of aromatic nitrogens is 2. The average molecular weight is 404 g/mol. The van der Waals surface area contributed by atoms with E-state index in [0.29, 0.717) is 5.46 Å². The summed E-state index contributed by atoms with van der Waals surface area (Å²) in [6.07, 6.45) is 3.45. The molecule has 0 unspecified atom stereocenters. The molecule has 5 heteroatoms. The highest BCUT2D eigenvalue weighted by atomic mass is 19.1. The number of para-hydroxylation sites is 1. The molecular weight excluding hydrogens is 386 g/mol. The van der Waals surface area contributed by atoms with Crippen molar-refractivity contribution < 1.29 is 13.5 Å². The van der Waals surface area contributed by atoms with Gasteiger partial charge in [-0.05, 0) is 46.9 Å². The van der Waals surface area contributed by atoms with Crippen LogP contribution >= 0.6 is 0 Å². The van der Waals surface area contributed by atoms with Crippen LogP contribution in [0.4, 0.5) is 4.39 Å². The van der Waals surface area contributed by atoms with Crippen LogP contribution in [0.5, 0.6) is 5.75 Å². The second-order valence-electron chi connectivity index (χ2n) is 7.81. The number of benzene rings is 3. The lowest BCUT2D eigenvalue weighted by Crippen LogP contribution is -2.81. The second-order valence-corrected chi connectivity index (χ2v) is 7.81. The van der Waals surface area contributed by atoms with Crippen LogP contribution in [0.2, 0.25) is 0 Å². The van der Waals surface area contributed by atoms with Crippen molar-refractivity contribution in [1.29, 1.82) is 0 Å². The number of halogens is 1. The molecule has 31 heavy (non-hydrogen) atoms. The molecule has 0 fully saturated rings. The fourth-order valence-corrected chi connectivity index (χ4v) is 4.91. The van der Waals surface area contributed by atoms with Crippen LogP contribution in [0.25, 0.3) is 22.0 Å². The van der Waals surface area contributed by atoms with Gasteiger partial charge in [0, 0.05) is 11.6 Å². The van der Waals surface area contributed by atoms with Crippen molar-refractivity contribution in [2.45, 2.75) is 0 Å². The smallest absolute Gasteiger partial charge is 0.518 e. The molecule has 6 rings (SSSR count). The van der Waals surface area contributed by atoms with Crippen molar-refractivity contribution in [1.82, 2.24) is 4.98 Å². The molecule has 0 saturated heterocycles. The molecule has 3 heterocycles. The van der Waals surface area contributed by atoms with Gasteiger partial charge in [0.05, 0.1) is 0 Å². The van der Waals surface area contributed by atoms with E-state index >= 15 is 4.39 Å². The van der Waals surface area contributed by atoms with Crippen LogP contribution in [-0.2, 0) is 0 Å². The van der Waals surface area contributed by atoms with Gasteiger partial charge in [-0.15, -0.1) is 0 Å². The Morgan fingerprint density at radius 2 is 1.52 bits per heavy atom. The predicted octanol–water partition coefficient (Wildman–Crippen LogP) is 3.83. The van der Waals surface area contributed by atoms with E-state index in [1.54, 1.807) is 12.1 Å². The Labute approximate surface area is 179 Å². The number of hydrogen-bond donors (Lipinski definition) is 0. The fraction of sp³-hybridized carbons (Fsp3) is 0. The van der Waals surface area contributed by atoms with Gasteiger partial charge in [-0.1, -0.05) is 72.2 Å². The zero-order valence-corrected chi connectivity index (χ0v) is 16.7. The monoisotopic (exact) mass is 404 g/mol. The zero-order chi connectivity index (χ0) is 20.8. The summed E-state index contributed by atoms with van der Waals surface area (Å²) >= 11 is 0. The van der Waals surface area contributed by atoms with Crippen molar-refractivity contribution in [3.63, 3.8) is 0 Å². The third-order valence-corrected chi connectivity index (χ3v) is 6.18. The van der Waals surface area contributed by atoms with Gasteiger partial charge in [0.25, 0.3) is 0 Å². The highest BCUT2D eigenvalue weighted by molar-refractivity contribution is 6.93. The molecule has 5 aromatic rings. The van der Waals surface area contributed by atoms with Crippen molar-refractivity contribution in [2.75, 3.05) is 0 Å². The van der Waals surface area contributed by atoms with Crippen LogP contribution in [0.15, 0.2) is 109 Å². The van der Waals surface area contributed by atoms with Crippen LogP contribution in [0.3, 0.4) is 0 Å². The molecule has 0 amide bonds. The van der Waals surface area contributed by atoms with Gasteiger partial charge in [-0.3, -0.25) is 0 Å². The van der Waals surface area contributed by atoms with Gasteiger partial charge >= 0.3 is 6.48 Å². The summed E-state index contributed by atoms with van der Waals surface area (Å²) in [5, 5.41) is 1.05. The highest BCUT2D eigenvalue weighted by Crippen LogP contribution is 2.31. The number of rotatable bonds is 3. The molecule has 0 aliphatic carbocycles.